The molecule has 160 valence electrons. The maximum atomic E-state index is 12.9. The molecule has 0 aliphatic carbocycles. The van der Waals surface area contributed by atoms with Gasteiger partial charge in [-0.2, -0.15) is 4.31 Å². The second kappa shape index (κ2) is 7.77. The molecule has 1 amide bonds. The van der Waals surface area contributed by atoms with E-state index < -0.39 is 10.0 Å². The molecule has 0 unspecified atom stereocenters. The highest BCUT2D eigenvalue weighted by atomic mass is 32.2. The van der Waals surface area contributed by atoms with Crippen molar-refractivity contribution in [1.29, 1.82) is 0 Å². The van der Waals surface area contributed by atoms with Crippen LogP contribution in [0.25, 0.3) is 10.9 Å². The Morgan fingerprint density at radius 2 is 1.93 bits per heavy atom. The number of piperazine rings is 1. The number of nitrogens with one attached hydrogen (secondary N) is 1. The van der Waals surface area contributed by atoms with Crippen molar-refractivity contribution in [3.63, 3.8) is 0 Å². The van der Waals surface area contributed by atoms with Crippen molar-refractivity contribution >= 4 is 26.8 Å². The van der Waals surface area contributed by atoms with E-state index in [4.69, 9.17) is 9.26 Å². The smallest absolute Gasteiger partial charge is 0.270 e. The quantitative estimate of drug-likeness (QED) is 0.663. The molecule has 1 aromatic carbocycles. The van der Waals surface area contributed by atoms with Crippen LogP contribution in [0.1, 0.15) is 28.9 Å². The lowest BCUT2D eigenvalue weighted by Gasteiger charge is -2.33. The molecule has 0 spiro atoms. The normalized spacial score (nSPS) is 15.6. The van der Waals surface area contributed by atoms with Crippen LogP contribution in [0, 0.1) is 13.8 Å². The van der Waals surface area contributed by atoms with Crippen molar-refractivity contribution in [2.75, 3.05) is 32.8 Å². The number of hydrogen-bond donors (Lipinski definition) is 1. The van der Waals surface area contributed by atoms with Gasteiger partial charge in [0.2, 0.25) is 10.0 Å². The molecular weight excluding hydrogens is 408 g/mol. The Kier molecular flexibility index (Phi) is 5.29. The summed E-state index contributed by atoms with van der Waals surface area (Å²) < 4.78 is 37.8. The van der Waals surface area contributed by atoms with E-state index in [1.165, 1.54) is 4.31 Å². The number of nitrogens with zero attached hydrogens (tertiary/aromatic N) is 3. The van der Waals surface area contributed by atoms with E-state index in [9.17, 15) is 13.2 Å². The third kappa shape index (κ3) is 3.56. The number of rotatable bonds is 5. The van der Waals surface area contributed by atoms with E-state index in [1.54, 1.807) is 24.8 Å². The Labute approximate surface area is 174 Å². The number of aryl methyl sites for hydroxylation is 2. The Morgan fingerprint density at radius 1 is 1.20 bits per heavy atom. The fourth-order valence-corrected chi connectivity index (χ4v) is 5.47. The zero-order chi connectivity index (χ0) is 21.5. The third-order valence-corrected chi connectivity index (χ3v) is 7.37. The lowest BCUT2D eigenvalue weighted by Crippen LogP contribution is -2.50. The monoisotopic (exact) mass is 432 g/mol. The Morgan fingerprint density at radius 3 is 2.57 bits per heavy atom. The zero-order valence-electron chi connectivity index (χ0n) is 17.1. The van der Waals surface area contributed by atoms with Gasteiger partial charge >= 0.3 is 0 Å². The predicted molar refractivity (Wildman–Crippen MR) is 110 cm³/mol. The number of benzene rings is 1. The lowest BCUT2D eigenvalue weighted by atomic mass is 10.2. The molecule has 1 fully saturated rings. The maximum Gasteiger partial charge on any atom is 0.270 e. The van der Waals surface area contributed by atoms with Crippen LogP contribution in [0.3, 0.4) is 0 Å². The second-order valence-electron chi connectivity index (χ2n) is 7.21. The van der Waals surface area contributed by atoms with Crippen LogP contribution < -0.4 is 4.74 Å². The first kappa shape index (κ1) is 20.4. The highest BCUT2D eigenvalue weighted by molar-refractivity contribution is 7.89. The van der Waals surface area contributed by atoms with E-state index in [2.05, 4.69) is 10.1 Å². The number of sulfonamides is 1. The summed E-state index contributed by atoms with van der Waals surface area (Å²) in [5.74, 6) is 0.859. The summed E-state index contributed by atoms with van der Waals surface area (Å²) in [7, 11) is -3.71. The first-order chi connectivity index (χ1) is 14.3. The van der Waals surface area contributed by atoms with Gasteiger partial charge in [0.15, 0.2) is 5.76 Å². The van der Waals surface area contributed by atoms with Crippen molar-refractivity contribution in [3.8, 4) is 5.75 Å². The molecular formula is C20H24N4O5S. The Hall–Kier alpha value is -2.85. The van der Waals surface area contributed by atoms with E-state index in [1.807, 2.05) is 25.1 Å². The molecule has 1 aliphatic rings. The highest BCUT2D eigenvalue weighted by Gasteiger charge is 2.34. The van der Waals surface area contributed by atoms with E-state index in [0.29, 0.717) is 31.1 Å². The molecule has 4 rings (SSSR count). The topological polar surface area (TPSA) is 109 Å². The molecule has 0 radical (unpaired) electrons. The maximum absolute atomic E-state index is 12.9. The molecule has 0 bridgehead atoms. The van der Waals surface area contributed by atoms with Gasteiger partial charge in [-0.15, -0.1) is 0 Å². The number of carbonyl (C=O) groups is 1. The number of H-pyrrole nitrogens is 1. The van der Waals surface area contributed by atoms with Gasteiger partial charge in [-0.3, -0.25) is 4.79 Å². The van der Waals surface area contributed by atoms with Crippen LogP contribution in [0.5, 0.6) is 5.75 Å². The molecule has 10 heteroatoms. The molecule has 1 aliphatic heterocycles. The average Bonchev–Trinajstić information content (AvgIpc) is 3.30. The standard InChI is InChI=1S/C20H24N4O5S/c1-4-28-16-6-5-15-11-18(21-17(15)12-16)20(25)23-7-9-24(10-8-23)30(26,27)19-13(2)22-29-14(19)3/h5-6,11-12,21H,4,7-10H2,1-3H3. The van der Waals surface area contributed by atoms with Gasteiger partial charge in [0.25, 0.3) is 5.91 Å². The van der Waals surface area contributed by atoms with Crippen molar-refractivity contribution in [3.05, 3.63) is 41.4 Å². The SMILES string of the molecule is CCOc1ccc2cc(C(=O)N3CCN(S(=O)(=O)c4c(C)noc4C)CC3)[nH]c2c1. The largest absolute Gasteiger partial charge is 0.494 e. The van der Waals surface area contributed by atoms with Crippen molar-refractivity contribution in [1.82, 2.24) is 19.3 Å². The summed E-state index contributed by atoms with van der Waals surface area (Å²) in [5.41, 5.74) is 1.64. The van der Waals surface area contributed by atoms with Crippen molar-refractivity contribution in [2.45, 2.75) is 25.7 Å². The fraction of sp³-hybridized carbons (Fsp3) is 0.400. The number of carbonyl (C=O) groups excluding carboxylic acids is 1. The van der Waals surface area contributed by atoms with E-state index >= 15 is 0 Å². The molecule has 2 aromatic heterocycles. The van der Waals surface area contributed by atoms with E-state index in [0.717, 1.165) is 16.7 Å². The fourth-order valence-electron chi connectivity index (χ4n) is 3.75. The van der Waals surface area contributed by atoms with Gasteiger partial charge < -0.3 is 19.1 Å². The number of aromatic nitrogens is 2. The lowest BCUT2D eigenvalue weighted by molar-refractivity contribution is 0.0693. The van der Waals surface area contributed by atoms with E-state index in [-0.39, 0.29) is 29.7 Å². The van der Waals surface area contributed by atoms with Gasteiger partial charge in [0.05, 0.1) is 6.61 Å². The number of aromatic amines is 1. The average molecular weight is 433 g/mol. The van der Waals surface area contributed by atoms with Crippen LogP contribution in [0.4, 0.5) is 0 Å². The predicted octanol–water partition coefficient (Wildman–Crippen LogP) is 2.32. The number of amides is 1. The number of hydrogen-bond acceptors (Lipinski definition) is 6. The summed E-state index contributed by atoms with van der Waals surface area (Å²) in [6, 6.07) is 7.44. The van der Waals surface area contributed by atoms with Gasteiger partial charge in [0.1, 0.15) is 22.0 Å². The van der Waals surface area contributed by atoms with Crippen LogP contribution in [0.2, 0.25) is 0 Å². The van der Waals surface area contributed by atoms with Gasteiger partial charge in [0, 0.05) is 43.1 Å². The summed E-state index contributed by atoms with van der Waals surface area (Å²) in [6.45, 7) is 6.72. The highest BCUT2D eigenvalue weighted by Crippen LogP contribution is 2.25. The number of ether oxygens (including phenoxy) is 1. The van der Waals surface area contributed by atoms with Crippen LogP contribution in [-0.4, -0.2) is 66.5 Å². The summed E-state index contributed by atoms with van der Waals surface area (Å²) in [5, 5.41) is 4.66. The summed E-state index contributed by atoms with van der Waals surface area (Å²) in [6.07, 6.45) is 0. The summed E-state index contributed by atoms with van der Waals surface area (Å²) in [4.78, 5) is 17.9. The Balaban J connectivity index is 1.47. The first-order valence-electron chi connectivity index (χ1n) is 9.79. The molecule has 9 nitrogen and oxygen atoms in total. The first-order valence-corrected chi connectivity index (χ1v) is 11.2. The minimum absolute atomic E-state index is 0.114. The minimum atomic E-state index is -3.71. The molecule has 1 N–H and O–H groups in total. The molecule has 30 heavy (non-hydrogen) atoms. The minimum Gasteiger partial charge on any atom is -0.494 e. The van der Waals surface area contributed by atoms with Crippen LogP contribution in [0.15, 0.2) is 33.7 Å². The van der Waals surface area contributed by atoms with Gasteiger partial charge in [-0.05, 0) is 39.0 Å². The zero-order valence-corrected chi connectivity index (χ0v) is 18.0. The summed E-state index contributed by atoms with van der Waals surface area (Å²) >= 11 is 0. The van der Waals surface area contributed by atoms with Crippen molar-refractivity contribution in [2.24, 2.45) is 0 Å². The van der Waals surface area contributed by atoms with Gasteiger partial charge in [-0.1, -0.05) is 5.16 Å². The molecule has 0 atom stereocenters. The Bertz CT molecular complexity index is 1170. The molecule has 0 saturated carbocycles. The van der Waals surface area contributed by atoms with Crippen LogP contribution in [-0.2, 0) is 10.0 Å². The molecule has 3 heterocycles. The molecule has 1 saturated heterocycles. The second-order valence-corrected chi connectivity index (χ2v) is 9.09. The third-order valence-electron chi connectivity index (χ3n) is 5.23. The van der Waals surface area contributed by atoms with Crippen molar-refractivity contribution < 1.29 is 22.5 Å². The van der Waals surface area contributed by atoms with Gasteiger partial charge in [-0.25, -0.2) is 8.42 Å². The number of fused-ring (bicyclic) bond motifs is 1. The van der Waals surface area contributed by atoms with Crippen LogP contribution >= 0.6 is 0 Å². The molecule has 3 aromatic rings.